The van der Waals surface area contributed by atoms with Crippen LogP contribution in [-0.4, -0.2) is 25.1 Å². The van der Waals surface area contributed by atoms with Crippen LogP contribution in [0, 0.1) is 5.92 Å². The molecule has 2 aromatic rings. The number of amides is 2. The molecule has 0 saturated heterocycles. The van der Waals surface area contributed by atoms with Crippen molar-refractivity contribution in [3.8, 4) is 0 Å². The van der Waals surface area contributed by atoms with Crippen molar-refractivity contribution in [2.24, 2.45) is 11.1 Å². The van der Waals surface area contributed by atoms with E-state index in [1.54, 1.807) is 48.5 Å². The van der Waals surface area contributed by atoms with Gasteiger partial charge in [-0.15, -0.1) is 0 Å². The minimum Gasteiger partial charge on any atom is -0.399 e. The van der Waals surface area contributed by atoms with Crippen molar-refractivity contribution in [2.75, 3.05) is 17.7 Å². The molecule has 8 heteroatoms. The molecule has 0 aliphatic heterocycles. The van der Waals surface area contributed by atoms with Gasteiger partial charge in [0.2, 0.25) is 11.8 Å². The molecule has 6 nitrogen and oxygen atoms in total. The predicted molar refractivity (Wildman–Crippen MR) is 99.2 cm³/mol. The van der Waals surface area contributed by atoms with E-state index in [1.807, 2.05) is 0 Å². The lowest BCUT2D eigenvalue weighted by Gasteiger charge is -2.14. The van der Waals surface area contributed by atoms with Gasteiger partial charge in [0, 0.05) is 0 Å². The van der Waals surface area contributed by atoms with Gasteiger partial charge < -0.3 is 15.5 Å². The Labute approximate surface area is 154 Å². The first-order chi connectivity index (χ1) is 12.0. The van der Waals surface area contributed by atoms with Gasteiger partial charge in [-0.2, -0.15) is 0 Å². The molecular formula is C17H15Cl2N3O3. The highest BCUT2D eigenvalue weighted by Crippen LogP contribution is 2.23. The van der Waals surface area contributed by atoms with Crippen molar-refractivity contribution in [3.05, 3.63) is 58.6 Å². The summed E-state index contributed by atoms with van der Waals surface area (Å²) in [4.78, 5) is 29.5. The molecule has 0 atom stereocenters. The van der Waals surface area contributed by atoms with E-state index in [1.165, 1.54) is 7.11 Å². The highest BCUT2D eigenvalue weighted by molar-refractivity contribution is 6.35. The van der Waals surface area contributed by atoms with Crippen molar-refractivity contribution in [2.45, 2.75) is 0 Å². The maximum atomic E-state index is 12.5. The van der Waals surface area contributed by atoms with Gasteiger partial charge in [-0.1, -0.05) is 52.6 Å². The Morgan fingerprint density at radius 3 is 1.80 bits per heavy atom. The fraction of sp³-hybridized carbons (Fsp3) is 0.118. The summed E-state index contributed by atoms with van der Waals surface area (Å²) in [7, 11) is 1.31. The van der Waals surface area contributed by atoms with Crippen molar-refractivity contribution < 1.29 is 14.4 Å². The number of rotatable bonds is 6. The van der Waals surface area contributed by atoms with Crippen molar-refractivity contribution >= 4 is 52.6 Å². The summed E-state index contributed by atoms with van der Waals surface area (Å²) in [5, 5.41) is 9.41. The summed E-state index contributed by atoms with van der Waals surface area (Å²) in [5.74, 6) is -2.47. The van der Waals surface area contributed by atoms with Gasteiger partial charge in [0.15, 0.2) is 5.92 Å². The molecule has 130 valence electrons. The lowest BCUT2D eigenvalue weighted by atomic mass is 10.1. The van der Waals surface area contributed by atoms with E-state index in [0.717, 1.165) is 6.21 Å². The fourth-order valence-corrected chi connectivity index (χ4v) is 2.29. The number of hydrogen-bond donors (Lipinski definition) is 2. The summed E-state index contributed by atoms with van der Waals surface area (Å²) in [6.07, 6.45) is 1.10. The first-order valence-corrected chi connectivity index (χ1v) is 7.96. The minimum absolute atomic E-state index is 0.352. The number of nitrogens with one attached hydrogen (secondary N) is 2. The Balaban J connectivity index is 2.18. The van der Waals surface area contributed by atoms with E-state index >= 15 is 0 Å². The van der Waals surface area contributed by atoms with Crippen molar-refractivity contribution in [3.63, 3.8) is 0 Å². The highest BCUT2D eigenvalue weighted by Gasteiger charge is 2.26. The maximum Gasteiger partial charge on any atom is 0.242 e. The Morgan fingerprint density at radius 2 is 1.40 bits per heavy atom. The summed E-state index contributed by atoms with van der Waals surface area (Å²) >= 11 is 12.0. The smallest absolute Gasteiger partial charge is 0.242 e. The number of para-hydroxylation sites is 2. The third kappa shape index (κ3) is 5.20. The monoisotopic (exact) mass is 379 g/mol. The van der Waals surface area contributed by atoms with Crippen LogP contribution in [0.2, 0.25) is 10.0 Å². The molecule has 0 unspecified atom stereocenters. The molecule has 2 aromatic carbocycles. The van der Waals surface area contributed by atoms with Gasteiger partial charge in [0.25, 0.3) is 0 Å². The van der Waals surface area contributed by atoms with E-state index in [-0.39, 0.29) is 0 Å². The molecule has 0 heterocycles. The number of oxime groups is 1. The Hall–Kier alpha value is -2.57. The van der Waals surface area contributed by atoms with E-state index < -0.39 is 17.7 Å². The summed E-state index contributed by atoms with van der Waals surface area (Å²) in [5.41, 5.74) is 0.769. The third-order valence-electron chi connectivity index (χ3n) is 3.14. The third-order valence-corrected chi connectivity index (χ3v) is 3.80. The first-order valence-electron chi connectivity index (χ1n) is 7.20. The Bertz CT molecular complexity index is 737. The first kappa shape index (κ1) is 18.8. The topological polar surface area (TPSA) is 79.8 Å². The van der Waals surface area contributed by atoms with Crippen LogP contribution >= 0.6 is 23.2 Å². The Kier molecular flexibility index (Phi) is 6.80. The van der Waals surface area contributed by atoms with Gasteiger partial charge in [-0.25, -0.2) is 0 Å². The normalized spacial score (nSPS) is 10.7. The number of hydrogen-bond acceptors (Lipinski definition) is 4. The molecular weight excluding hydrogens is 365 g/mol. The number of carbonyl (C=O) groups is 2. The SMILES string of the molecule is CO/N=C\C(C(=O)Nc1ccccc1Cl)C(=O)Nc1ccccc1Cl. The van der Waals surface area contributed by atoms with Gasteiger partial charge >= 0.3 is 0 Å². The van der Waals surface area contributed by atoms with E-state index in [9.17, 15) is 9.59 Å². The molecule has 0 bridgehead atoms. The van der Waals surface area contributed by atoms with Crippen LogP contribution in [0.1, 0.15) is 0 Å². The highest BCUT2D eigenvalue weighted by atomic mass is 35.5. The number of anilines is 2. The van der Waals surface area contributed by atoms with Crippen LogP contribution in [0.5, 0.6) is 0 Å². The molecule has 2 rings (SSSR count). The van der Waals surface area contributed by atoms with Gasteiger partial charge in [-0.3, -0.25) is 9.59 Å². The molecule has 2 amide bonds. The van der Waals surface area contributed by atoms with Crippen LogP contribution in [-0.2, 0) is 14.4 Å². The van der Waals surface area contributed by atoms with Crippen molar-refractivity contribution in [1.82, 2.24) is 0 Å². The van der Waals surface area contributed by atoms with E-state index in [2.05, 4.69) is 20.6 Å². The molecule has 0 saturated carbocycles. The molecule has 0 fully saturated rings. The second-order valence-corrected chi connectivity index (χ2v) is 5.67. The molecule has 0 aromatic heterocycles. The number of halogens is 2. The van der Waals surface area contributed by atoms with Gasteiger partial charge in [-0.05, 0) is 24.3 Å². The van der Waals surface area contributed by atoms with E-state index in [4.69, 9.17) is 23.2 Å². The average Bonchev–Trinajstić information content (AvgIpc) is 2.59. The van der Waals surface area contributed by atoms with Crippen LogP contribution in [0.3, 0.4) is 0 Å². The van der Waals surface area contributed by atoms with Crippen molar-refractivity contribution in [1.29, 1.82) is 0 Å². The second-order valence-electron chi connectivity index (χ2n) is 4.85. The molecule has 0 radical (unpaired) electrons. The average molecular weight is 380 g/mol. The van der Waals surface area contributed by atoms with E-state index in [0.29, 0.717) is 21.4 Å². The van der Waals surface area contributed by atoms with Crippen LogP contribution in [0.25, 0.3) is 0 Å². The molecule has 2 N–H and O–H groups in total. The maximum absolute atomic E-state index is 12.5. The number of carbonyl (C=O) groups excluding carboxylic acids is 2. The zero-order chi connectivity index (χ0) is 18.2. The fourth-order valence-electron chi connectivity index (χ4n) is 1.92. The zero-order valence-electron chi connectivity index (χ0n) is 13.2. The largest absolute Gasteiger partial charge is 0.399 e. The summed E-state index contributed by atoms with van der Waals surface area (Å²) in [6.45, 7) is 0. The minimum atomic E-state index is -1.24. The molecule has 25 heavy (non-hydrogen) atoms. The predicted octanol–water partition coefficient (Wildman–Crippen LogP) is 3.82. The second kappa shape index (κ2) is 9.05. The van der Waals surface area contributed by atoms with Crippen LogP contribution in [0.15, 0.2) is 53.7 Å². The Morgan fingerprint density at radius 1 is 0.960 bits per heavy atom. The van der Waals surface area contributed by atoms with Crippen LogP contribution < -0.4 is 10.6 Å². The van der Waals surface area contributed by atoms with Gasteiger partial charge in [0.05, 0.1) is 27.6 Å². The zero-order valence-corrected chi connectivity index (χ0v) is 14.7. The lowest BCUT2D eigenvalue weighted by molar-refractivity contribution is -0.126. The molecule has 0 aliphatic rings. The van der Waals surface area contributed by atoms with Gasteiger partial charge in [0.1, 0.15) is 7.11 Å². The number of nitrogens with zero attached hydrogens (tertiary/aromatic N) is 1. The standard InChI is InChI=1S/C17H15Cl2N3O3/c1-25-20-10-11(16(23)21-14-8-4-2-6-12(14)18)17(24)22-15-9-5-3-7-13(15)19/h2-11H,1H3,(H,21,23)(H,22,24)/b20-10-. The quantitative estimate of drug-likeness (QED) is 0.454. The number of benzene rings is 2. The molecule has 0 spiro atoms. The summed E-state index contributed by atoms with van der Waals surface area (Å²) in [6, 6.07) is 13.4. The molecule has 0 aliphatic carbocycles. The van der Waals surface area contributed by atoms with Crippen LogP contribution in [0.4, 0.5) is 11.4 Å². The lowest BCUT2D eigenvalue weighted by Crippen LogP contribution is -2.35. The summed E-state index contributed by atoms with van der Waals surface area (Å²) < 4.78 is 0.